The van der Waals surface area contributed by atoms with E-state index < -0.39 is 6.10 Å². The van der Waals surface area contributed by atoms with E-state index in [-0.39, 0.29) is 0 Å². The molecule has 0 unspecified atom stereocenters. The highest BCUT2D eigenvalue weighted by atomic mass is 16.3. The fourth-order valence-electron chi connectivity index (χ4n) is 4.07. The summed E-state index contributed by atoms with van der Waals surface area (Å²) in [4.78, 5) is 8.83. The summed E-state index contributed by atoms with van der Waals surface area (Å²) in [6.07, 6.45) is 3.37. The van der Waals surface area contributed by atoms with Gasteiger partial charge in [0.15, 0.2) is 0 Å². The number of anilines is 1. The molecule has 1 aliphatic carbocycles. The van der Waals surface area contributed by atoms with Crippen LogP contribution in [-0.2, 0) is 12.8 Å². The number of β-amino-alcohol motifs (C(OH)–C–C–N with tert-alkyl or cyclic N) is 1. The number of nitriles is 1. The summed E-state index contributed by atoms with van der Waals surface area (Å²) in [6.45, 7) is 2.83. The molecule has 25 heavy (non-hydrogen) atoms. The van der Waals surface area contributed by atoms with Crippen LogP contribution >= 0.6 is 0 Å². The lowest BCUT2D eigenvalue weighted by molar-refractivity contribution is 0.109. The van der Waals surface area contributed by atoms with Crippen molar-refractivity contribution in [1.29, 1.82) is 5.26 Å². The van der Waals surface area contributed by atoms with E-state index >= 15 is 0 Å². The molecular formula is C20H22N4O. The van der Waals surface area contributed by atoms with Gasteiger partial charge in [-0.1, -0.05) is 24.3 Å². The van der Waals surface area contributed by atoms with Gasteiger partial charge < -0.3 is 10.0 Å². The minimum absolute atomic E-state index is 0.445. The van der Waals surface area contributed by atoms with Crippen LogP contribution in [0.4, 0.5) is 5.82 Å². The Hall–Kier alpha value is -2.42. The summed E-state index contributed by atoms with van der Waals surface area (Å²) in [5.41, 5.74) is 3.43. The number of hydrogen-bond donors (Lipinski definition) is 1. The molecule has 1 N–H and O–H groups in total. The van der Waals surface area contributed by atoms with E-state index in [0.29, 0.717) is 30.5 Å². The average molecular weight is 334 g/mol. The monoisotopic (exact) mass is 334 g/mol. The van der Waals surface area contributed by atoms with E-state index in [9.17, 15) is 10.4 Å². The smallest absolute Gasteiger partial charge is 0.146 e. The van der Waals surface area contributed by atoms with Gasteiger partial charge in [-0.25, -0.2) is 4.98 Å². The first-order chi connectivity index (χ1) is 12.2. The SMILES string of the molecule is N#Cc1cccnc1N1CCN(C2Cc3ccccc3C2)C[C@H](O)C1. The topological polar surface area (TPSA) is 63.4 Å². The lowest BCUT2D eigenvalue weighted by Crippen LogP contribution is -2.41. The van der Waals surface area contributed by atoms with Crippen molar-refractivity contribution < 1.29 is 5.11 Å². The number of pyridine rings is 1. The zero-order valence-corrected chi connectivity index (χ0v) is 14.2. The molecule has 1 aliphatic heterocycles. The highest BCUT2D eigenvalue weighted by Crippen LogP contribution is 2.27. The van der Waals surface area contributed by atoms with Gasteiger partial charge in [0.2, 0.25) is 0 Å². The van der Waals surface area contributed by atoms with Gasteiger partial charge in [0, 0.05) is 38.4 Å². The van der Waals surface area contributed by atoms with Gasteiger partial charge in [-0.3, -0.25) is 4.90 Å². The van der Waals surface area contributed by atoms with E-state index in [1.807, 2.05) is 4.90 Å². The van der Waals surface area contributed by atoms with Gasteiger partial charge in [-0.2, -0.15) is 5.26 Å². The van der Waals surface area contributed by atoms with Crippen LogP contribution in [0.3, 0.4) is 0 Å². The van der Waals surface area contributed by atoms with E-state index in [0.717, 1.165) is 25.9 Å². The Morgan fingerprint density at radius 2 is 1.80 bits per heavy atom. The first-order valence-corrected chi connectivity index (χ1v) is 8.83. The van der Waals surface area contributed by atoms with Crippen LogP contribution in [0, 0.1) is 11.3 Å². The largest absolute Gasteiger partial charge is 0.390 e. The minimum atomic E-state index is -0.445. The minimum Gasteiger partial charge on any atom is -0.390 e. The maximum absolute atomic E-state index is 10.5. The van der Waals surface area contributed by atoms with Crippen LogP contribution in [0.2, 0.25) is 0 Å². The molecule has 5 nitrogen and oxygen atoms in total. The van der Waals surface area contributed by atoms with Gasteiger partial charge in [-0.05, 0) is 36.1 Å². The van der Waals surface area contributed by atoms with Crippen LogP contribution < -0.4 is 4.90 Å². The van der Waals surface area contributed by atoms with Crippen LogP contribution in [-0.4, -0.2) is 53.3 Å². The lowest BCUT2D eigenvalue weighted by atomic mass is 10.1. The number of benzene rings is 1. The lowest BCUT2D eigenvalue weighted by Gasteiger charge is -2.28. The van der Waals surface area contributed by atoms with E-state index in [1.54, 1.807) is 18.3 Å². The number of nitrogens with zero attached hydrogens (tertiary/aromatic N) is 4. The molecule has 1 aromatic heterocycles. The van der Waals surface area contributed by atoms with Crippen molar-refractivity contribution in [2.24, 2.45) is 0 Å². The number of aliphatic hydroxyl groups is 1. The summed E-state index contributed by atoms with van der Waals surface area (Å²) in [5.74, 6) is 0.681. The molecule has 0 spiro atoms. The zero-order valence-electron chi connectivity index (χ0n) is 14.2. The molecule has 1 atom stereocenters. The third-order valence-electron chi connectivity index (χ3n) is 5.29. The molecule has 5 heteroatoms. The Labute approximate surface area is 148 Å². The van der Waals surface area contributed by atoms with Crippen LogP contribution in [0.1, 0.15) is 16.7 Å². The molecule has 2 aliphatic rings. The summed E-state index contributed by atoms with van der Waals surface area (Å²) < 4.78 is 0. The third-order valence-corrected chi connectivity index (χ3v) is 5.29. The predicted octanol–water partition coefficient (Wildman–Crippen LogP) is 1.60. The molecule has 0 radical (unpaired) electrons. The average Bonchev–Trinajstić information content (AvgIpc) is 2.98. The van der Waals surface area contributed by atoms with Gasteiger partial charge in [0.05, 0.1) is 11.7 Å². The number of fused-ring (bicyclic) bond motifs is 1. The van der Waals surface area contributed by atoms with Crippen LogP contribution in [0.25, 0.3) is 0 Å². The van der Waals surface area contributed by atoms with Crippen molar-refractivity contribution in [2.75, 3.05) is 31.1 Å². The Morgan fingerprint density at radius 1 is 1.04 bits per heavy atom. The maximum Gasteiger partial charge on any atom is 0.146 e. The molecule has 0 bridgehead atoms. The summed E-state index contributed by atoms with van der Waals surface area (Å²) in [5, 5.41) is 19.9. The molecule has 128 valence electrons. The second-order valence-corrected chi connectivity index (χ2v) is 6.91. The molecular weight excluding hydrogens is 312 g/mol. The quantitative estimate of drug-likeness (QED) is 0.904. The Kier molecular flexibility index (Phi) is 4.39. The number of aliphatic hydroxyl groups excluding tert-OH is 1. The van der Waals surface area contributed by atoms with E-state index in [1.165, 1.54) is 11.1 Å². The van der Waals surface area contributed by atoms with Crippen molar-refractivity contribution in [3.05, 3.63) is 59.3 Å². The standard InChI is InChI=1S/C20H22N4O/c21-12-17-6-3-7-22-20(17)24-9-8-23(13-19(25)14-24)18-10-15-4-1-2-5-16(15)11-18/h1-7,18-19,25H,8-11,13-14H2/t19-/m0/s1. The first kappa shape index (κ1) is 16.1. The maximum atomic E-state index is 10.5. The number of rotatable bonds is 2. The molecule has 1 aromatic carbocycles. The molecule has 2 aromatic rings. The summed E-state index contributed by atoms with van der Waals surface area (Å²) in [6, 6.07) is 14.8. The van der Waals surface area contributed by atoms with Gasteiger partial charge in [0.25, 0.3) is 0 Å². The van der Waals surface area contributed by atoms with Crippen molar-refractivity contribution in [3.63, 3.8) is 0 Å². The van der Waals surface area contributed by atoms with Crippen LogP contribution in [0.15, 0.2) is 42.6 Å². The van der Waals surface area contributed by atoms with Gasteiger partial charge in [0.1, 0.15) is 11.9 Å². The fraction of sp³-hybridized carbons (Fsp3) is 0.400. The summed E-state index contributed by atoms with van der Waals surface area (Å²) in [7, 11) is 0. The molecule has 0 saturated carbocycles. The van der Waals surface area contributed by atoms with Crippen molar-refractivity contribution >= 4 is 5.82 Å². The Bertz CT molecular complexity index is 775. The fourth-order valence-corrected chi connectivity index (χ4v) is 4.07. The normalized spacial score (nSPS) is 21.6. The van der Waals surface area contributed by atoms with Crippen LogP contribution in [0.5, 0.6) is 0 Å². The number of hydrogen-bond acceptors (Lipinski definition) is 5. The van der Waals surface area contributed by atoms with Gasteiger partial charge in [-0.15, -0.1) is 0 Å². The second kappa shape index (κ2) is 6.83. The van der Waals surface area contributed by atoms with Crippen molar-refractivity contribution in [1.82, 2.24) is 9.88 Å². The van der Waals surface area contributed by atoms with Crippen molar-refractivity contribution in [3.8, 4) is 6.07 Å². The molecule has 1 fully saturated rings. The molecule has 1 saturated heterocycles. The first-order valence-electron chi connectivity index (χ1n) is 8.83. The third kappa shape index (κ3) is 3.23. The zero-order chi connectivity index (χ0) is 17.2. The predicted molar refractivity (Wildman–Crippen MR) is 96.4 cm³/mol. The molecule has 2 heterocycles. The highest BCUT2D eigenvalue weighted by molar-refractivity contribution is 5.53. The Balaban J connectivity index is 1.50. The summed E-state index contributed by atoms with van der Waals surface area (Å²) >= 11 is 0. The van der Waals surface area contributed by atoms with E-state index in [2.05, 4.69) is 40.2 Å². The second-order valence-electron chi connectivity index (χ2n) is 6.91. The van der Waals surface area contributed by atoms with Crippen molar-refractivity contribution in [2.45, 2.75) is 25.0 Å². The van der Waals surface area contributed by atoms with E-state index in [4.69, 9.17) is 0 Å². The van der Waals surface area contributed by atoms with Gasteiger partial charge >= 0.3 is 0 Å². The number of aromatic nitrogens is 1. The molecule has 0 amide bonds. The Morgan fingerprint density at radius 3 is 2.52 bits per heavy atom. The highest BCUT2D eigenvalue weighted by Gasteiger charge is 2.31. The molecule has 4 rings (SSSR count).